The number of halogens is 2. The second-order valence-electron chi connectivity index (χ2n) is 4.67. The Hall–Kier alpha value is -1.13. The highest BCUT2D eigenvalue weighted by Crippen LogP contribution is 2.24. The molecule has 0 radical (unpaired) electrons. The Morgan fingerprint density at radius 1 is 1.40 bits per heavy atom. The zero-order valence-electron chi connectivity index (χ0n) is 11.7. The summed E-state index contributed by atoms with van der Waals surface area (Å²) >= 11 is 9.70. The van der Waals surface area contributed by atoms with Crippen LogP contribution in [0.25, 0.3) is 0 Å². The first-order valence-corrected chi connectivity index (χ1v) is 7.62. The van der Waals surface area contributed by atoms with E-state index in [-0.39, 0.29) is 12.2 Å². The largest absolute Gasteiger partial charge is 0.294 e. The predicted molar refractivity (Wildman–Crippen MR) is 84.6 cm³/mol. The van der Waals surface area contributed by atoms with Crippen molar-refractivity contribution >= 4 is 33.3 Å². The summed E-state index contributed by atoms with van der Waals surface area (Å²) in [5.74, 6) is 0.0558. The standard InChI is InChI=1S/C15H16BrClN2O/c1-4-19-13(15(17)10(3)18-19)8-14(20)11-6-5-7-12(16)9(11)2/h5-7H,4,8H2,1-3H3. The number of carbonyl (C=O) groups excluding carboxylic acids is 1. The third kappa shape index (κ3) is 2.81. The van der Waals surface area contributed by atoms with Gasteiger partial charge in [-0.25, -0.2) is 0 Å². The molecule has 0 aliphatic rings. The Balaban J connectivity index is 2.35. The first kappa shape index (κ1) is 15.3. The Morgan fingerprint density at radius 2 is 2.10 bits per heavy atom. The minimum atomic E-state index is 0.0558. The molecule has 0 atom stereocenters. The zero-order valence-corrected chi connectivity index (χ0v) is 14.0. The lowest BCUT2D eigenvalue weighted by molar-refractivity contribution is 0.0990. The van der Waals surface area contributed by atoms with Crippen LogP contribution in [0.1, 0.15) is 34.2 Å². The normalized spacial score (nSPS) is 10.8. The SMILES string of the molecule is CCn1nc(C)c(Cl)c1CC(=O)c1cccc(Br)c1C. The quantitative estimate of drug-likeness (QED) is 0.764. The fraction of sp³-hybridized carbons (Fsp3) is 0.333. The van der Waals surface area contributed by atoms with E-state index in [4.69, 9.17) is 11.6 Å². The van der Waals surface area contributed by atoms with E-state index in [9.17, 15) is 4.79 Å². The Labute approximate surface area is 132 Å². The molecule has 0 saturated carbocycles. The fourth-order valence-corrected chi connectivity index (χ4v) is 2.76. The highest BCUT2D eigenvalue weighted by atomic mass is 79.9. The summed E-state index contributed by atoms with van der Waals surface area (Å²) in [7, 11) is 0. The van der Waals surface area contributed by atoms with Crippen LogP contribution >= 0.6 is 27.5 Å². The number of Topliss-reactive ketones (excluding diaryl/α,β-unsaturated/α-hetero) is 1. The molecule has 0 amide bonds. The van der Waals surface area contributed by atoms with Crippen molar-refractivity contribution in [1.82, 2.24) is 9.78 Å². The number of benzene rings is 1. The maximum Gasteiger partial charge on any atom is 0.169 e. The Kier molecular flexibility index (Phi) is 4.66. The first-order chi connectivity index (χ1) is 9.45. The van der Waals surface area contributed by atoms with Crippen LogP contribution in [-0.4, -0.2) is 15.6 Å². The van der Waals surface area contributed by atoms with Gasteiger partial charge in [0.2, 0.25) is 0 Å². The van der Waals surface area contributed by atoms with Gasteiger partial charge in [0.1, 0.15) is 0 Å². The van der Waals surface area contributed by atoms with Crippen molar-refractivity contribution in [2.75, 3.05) is 0 Å². The molecule has 1 aromatic heterocycles. The minimum Gasteiger partial charge on any atom is -0.294 e. The van der Waals surface area contributed by atoms with Gasteiger partial charge < -0.3 is 0 Å². The number of rotatable bonds is 4. The van der Waals surface area contributed by atoms with Crippen molar-refractivity contribution in [2.45, 2.75) is 33.7 Å². The van der Waals surface area contributed by atoms with E-state index >= 15 is 0 Å². The van der Waals surface area contributed by atoms with E-state index in [1.807, 2.05) is 39.0 Å². The van der Waals surface area contributed by atoms with Gasteiger partial charge in [-0.05, 0) is 32.4 Å². The molecule has 2 rings (SSSR count). The molecule has 106 valence electrons. The highest BCUT2D eigenvalue weighted by Gasteiger charge is 2.18. The van der Waals surface area contributed by atoms with E-state index in [0.29, 0.717) is 11.6 Å². The van der Waals surface area contributed by atoms with E-state index < -0.39 is 0 Å². The fourth-order valence-electron chi connectivity index (χ4n) is 2.19. The Bertz CT molecular complexity index is 664. The average Bonchev–Trinajstić information content (AvgIpc) is 2.69. The van der Waals surface area contributed by atoms with Gasteiger partial charge in [-0.15, -0.1) is 0 Å². The summed E-state index contributed by atoms with van der Waals surface area (Å²) in [6, 6.07) is 5.64. The van der Waals surface area contributed by atoms with E-state index in [2.05, 4.69) is 21.0 Å². The number of nitrogens with zero attached hydrogens (tertiary/aromatic N) is 2. The van der Waals surface area contributed by atoms with Gasteiger partial charge in [-0.3, -0.25) is 9.48 Å². The average molecular weight is 356 g/mol. The number of carbonyl (C=O) groups is 1. The number of ketones is 1. The lowest BCUT2D eigenvalue weighted by atomic mass is 10.0. The molecule has 0 aliphatic heterocycles. The molecule has 0 fully saturated rings. The molecule has 1 heterocycles. The lowest BCUT2D eigenvalue weighted by Crippen LogP contribution is -2.11. The molecule has 0 unspecified atom stereocenters. The second kappa shape index (κ2) is 6.10. The summed E-state index contributed by atoms with van der Waals surface area (Å²) in [5, 5.41) is 4.93. The van der Waals surface area contributed by atoms with Gasteiger partial charge in [0.15, 0.2) is 5.78 Å². The molecule has 0 saturated heterocycles. The van der Waals surface area contributed by atoms with Crippen LogP contribution in [0.4, 0.5) is 0 Å². The number of aryl methyl sites for hydroxylation is 2. The summed E-state index contributed by atoms with van der Waals surface area (Å²) in [5.41, 5.74) is 3.23. The summed E-state index contributed by atoms with van der Waals surface area (Å²) in [6.07, 6.45) is 0.269. The van der Waals surface area contributed by atoms with Crippen molar-refractivity contribution in [3.05, 3.63) is 50.2 Å². The van der Waals surface area contributed by atoms with Gasteiger partial charge in [0.05, 0.1) is 22.8 Å². The third-order valence-electron chi connectivity index (χ3n) is 3.35. The second-order valence-corrected chi connectivity index (χ2v) is 5.91. The monoisotopic (exact) mass is 354 g/mol. The Morgan fingerprint density at radius 3 is 2.75 bits per heavy atom. The van der Waals surface area contributed by atoms with Gasteiger partial charge in [0, 0.05) is 16.6 Å². The third-order valence-corrected chi connectivity index (χ3v) is 4.70. The smallest absolute Gasteiger partial charge is 0.169 e. The minimum absolute atomic E-state index is 0.0558. The molecule has 2 aromatic rings. The van der Waals surface area contributed by atoms with Crippen molar-refractivity contribution in [1.29, 1.82) is 0 Å². The molecule has 3 nitrogen and oxygen atoms in total. The first-order valence-electron chi connectivity index (χ1n) is 6.45. The van der Waals surface area contributed by atoms with Crippen molar-refractivity contribution in [3.8, 4) is 0 Å². The molecule has 20 heavy (non-hydrogen) atoms. The van der Waals surface area contributed by atoms with Crippen LogP contribution in [0, 0.1) is 13.8 Å². The van der Waals surface area contributed by atoms with Gasteiger partial charge in [0.25, 0.3) is 0 Å². The summed E-state index contributed by atoms with van der Waals surface area (Å²) in [4.78, 5) is 12.5. The topological polar surface area (TPSA) is 34.9 Å². The molecule has 0 N–H and O–H groups in total. The van der Waals surface area contributed by atoms with Gasteiger partial charge in [-0.1, -0.05) is 39.7 Å². The van der Waals surface area contributed by atoms with Crippen LogP contribution in [-0.2, 0) is 13.0 Å². The molecule has 1 aromatic carbocycles. The van der Waals surface area contributed by atoms with E-state index in [0.717, 1.165) is 27.0 Å². The molecular formula is C15H16BrClN2O. The number of hydrogen-bond donors (Lipinski definition) is 0. The van der Waals surface area contributed by atoms with Gasteiger partial charge in [-0.2, -0.15) is 5.10 Å². The maximum atomic E-state index is 12.5. The number of hydrogen-bond acceptors (Lipinski definition) is 2. The molecule has 5 heteroatoms. The van der Waals surface area contributed by atoms with E-state index in [1.165, 1.54) is 0 Å². The van der Waals surface area contributed by atoms with Crippen molar-refractivity contribution in [2.24, 2.45) is 0 Å². The maximum absolute atomic E-state index is 12.5. The van der Waals surface area contributed by atoms with Crippen LogP contribution in [0.2, 0.25) is 5.02 Å². The van der Waals surface area contributed by atoms with Crippen molar-refractivity contribution in [3.63, 3.8) is 0 Å². The zero-order chi connectivity index (χ0) is 14.9. The van der Waals surface area contributed by atoms with E-state index in [1.54, 1.807) is 4.68 Å². The molecule has 0 bridgehead atoms. The van der Waals surface area contributed by atoms with Crippen LogP contribution in [0.15, 0.2) is 22.7 Å². The molecule has 0 aliphatic carbocycles. The molecule has 0 spiro atoms. The highest BCUT2D eigenvalue weighted by molar-refractivity contribution is 9.10. The summed E-state index contributed by atoms with van der Waals surface area (Å²) < 4.78 is 2.73. The van der Waals surface area contributed by atoms with Gasteiger partial charge >= 0.3 is 0 Å². The molecular weight excluding hydrogens is 340 g/mol. The van der Waals surface area contributed by atoms with Crippen LogP contribution < -0.4 is 0 Å². The van der Waals surface area contributed by atoms with Crippen molar-refractivity contribution < 1.29 is 4.79 Å². The number of aromatic nitrogens is 2. The van der Waals surface area contributed by atoms with Crippen LogP contribution in [0.5, 0.6) is 0 Å². The predicted octanol–water partition coefficient (Wildman–Crippen LogP) is 4.36. The van der Waals surface area contributed by atoms with Crippen LogP contribution in [0.3, 0.4) is 0 Å². The lowest BCUT2D eigenvalue weighted by Gasteiger charge is -2.08. The summed E-state index contributed by atoms with van der Waals surface area (Å²) in [6.45, 7) is 6.48.